The van der Waals surface area contributed by atoms with Crippen LogP contribution in [0.4, 0.5) is 13.2 Å². The highest BCUT2D eigenvalue weighted by atomic mass is 19.4. The number of methoxy groups -OCH3 is 1. The fourth-order valence-electron chi connectivity index (χ4n) is 4.08. The third-order valence-corrected chi connectivity index (χ3v) is 5.84. The molecule has 0 bridgehead atoms. The van der Waals surface area contributed by atoms with Crippen LogP contribution in [0.1, 0.15) is 23.5 Å². The summed E-state index contributed by atoms with van der Waals surface area (Å²) in [5.74, 6) is -6.60. The lowest BCUT2D eigenvalue weighted by atomic mass is 9.86. The summed E-state index contributed by atoms with van der Waals surface area (Å²) in [5, 5.41) is 50.7. The largest absolute Gasteiger partial charge is 0.573 e. The molecule has 0 saturated carbocycles. The molecule has 0 amide bonds. The van der Waals surface area contributed by atoms with E-state index in [1.54, 1.807) is 0 Å². The second-order valence-corrected chi connectivity index (χ2v) is 8.29. The molecule has 13 heteroatoms. The number of carbonyl (C=O) groups excluding carboxylic acids is 1. The Morgan fingerprint density at radius 2 is 1.59 bits per heavy atom. The van der Waals surface area contributed by atoms with Crippen LogP contribution in [-0.4, -0.2) is 45.0 Å². The standard InChI is InChI=1S/C26H19F3O10/c1-37-19(34)9-14(11-2-5-13(6-3-11)39-26(27,28)29)20-17(32)10-18(33)21-22(35)23(36)24(38-25(20)21)12-4-7-15(30)16(31)8-12/h2-8,10,14,30-33,36H,9H2,1H3/t14-/m1/s1. The third-order valence-electron chi connectivity index (χ3n) is 5.84. The van der Waals surface area contributed by atoms with Crippen LogP contribution in [0.5, 0.6) is 34.5 Å². The minimum atomic E-state index is -4.96. The number of halogens is 3. The Morgan fingerprint density at radius 1 is 0.923 bits per heavy atom. The molecule has 0 unspecified atom stereocenters. The predicted molar refractivity (Wildman–Crippen MR) is 128 cm³/mol. The number of esters is 1. The van der Waals surface area contributed by atoms with Crippen LogP contribution in [0, 0.1) is 0 Å². The second kappa shape index (κ2) is 10.0. The number of aromatic hydroxyl groups is 5. The van der Waals surface area contributed by atoms with E-state index in [0.29, 0.717) is 0 Å². The van der Waals surface area contributed by atoms with Crippen molar-refractivity contribution in [2.45, 2.75) is 18.7 Å². The summed E-state index contributed by atoms with van der Waals surface area (Å²) < 4.78 is 52.2. The zero-order valence-corrected chi connectivity index (χ0v) is 19.8. The summed E-state index contributed by atoms with van der Waals surface area (Å²) in [7, 11) is 1.09. The van der Waals surface area contributed by atoms with Crippen LogP contribution in [-0.2, 0) is 9.53 Å². The van der Waals surface area contributed by atoms with Crippen molar-refractivity contribution in [1.29, 1.82) is 0 Å². The zero-order chi connectivity index (χ0) is 28.6. The number of fused-ring (bicyclic) bond motifs is 1. The van der Waals surface area contributed by atoms with Gasteiger partial charge >= 0.3 is 12.3 Å². The molecular formula is C26H19F3O10. The first-order chi connectivity index (χ1) is 18.3. The van der Waals surface area contributed by atoms with Crippen LogP contribution >= 0.6 is 0 Å². The van der Waals surface area contributed by atoms with Gasteiger partial charge in [-0.05, 0) is 35.9 Å². The molecular weight excluding hydrogens is 529 g/mol. The zero-order valence-electron chi connectivity index (χ0n) is 19.8. The van der Waals surface area contributed by atoms with E-state index in [1.807, 2.05) is 0 Å². The van der Waals surface area contributed by atoms with Crippen molar-refractivity contribution in [3.05, 3.63) is 69.9 Å². The molecule has 0 aliphatic heterocycles. The number of benzene rings is 3. The first-order valence-corrected chi connectivity index (χ1v) is 11.0. The SMILES string of the molecule is COC(=O)C[C@H](c1ccc(OC(F)(F)F)cc1)c1c(O)cc(O)c2c(=O)c(O)c(-c3ccc(O)c(O)c3)oc12. The van der Waals surface area contributed by atoms with E-state index in [0.717, 1.165) is 37.4 Å². The molecule has 5 N–H and O–H groups in total. The summed E-state index contributed by atoms with van der Waals surface area (Å²) in [6, 6.07) is 8.33. The maximum atomic E-state index is 13.1. The number of hydrogen-bond acceptors (Lipinski definition) is 10. The van der Waals surface area contributed by atoms with E-state index in [-0.39, 0.29) is 16.7 Å². The lowest BCUT2D eigenvalue weighted by molar-refractivity contribution is -0.274. The van der Waals surface area contributed by atoms with Gasteiger partial charge in [0.25, 0.3) is 0 Å². The molecule has 10 nitrogen and oxygen atoms in total. The Labute approximate surface area is 216 Å². The number of rotatable bonds is 6. The van der Waals surface area contributed by atoms with Crippen LogP contribution < -0.4 is 10.2 Å². The Balaban J connectivity index is 2.00. The minimum absolute atomic E-state index is 0.0752. The van der Waals surface area contributed by atoms with Crippen LogP contribution in [0.3, 0.4) is 0 Å². The molecule has 0 aliphatic carbocycles. The quantitative estimate of drug-likeness (QED) is 0.170. The van der Waals surface area contributed by atoms with E-state index in [1.165, 1.54) is 18.2 Å². The molecule has 1 aromatic heterocycles. The molecule has 0 fully saturated rings. The van der Waals surface area contributed by atoms with Gasteiger partial charge in [-0.25, -0.2) is 0 Å². The van der Waals surface area contributed by atoms with Gasteiger partial charge in [-0.1, -0.05) is 12.1 Å². The molecule has 1 atom stereocenters. The number of carbonyl (C=O) groups is 1. The van der Waals surface area contributed by atoms with Gasteiger partial charge in [0, 0.05) is 23.1 Å². The van der Waals surface area contributed by atoms with Gasteiger partial charge in [-0.2, -0.15) is 0 Å². The molecule has 0 spiro atoms. The average molecular weight is 548 g/mol. The highest BCUT2D eigenvalue weighted by molar-refractivity contribution is 5.92. The highest BCUT2D eigenvalue weighted by Crippen LogP contribution is 2.45. The van der Waals surface area contributed by atoms with Gasteiger partial charge in [-0.15, -0.1) is 13.2 Å². The topological polar surface area (TPSA) is 167 Å². The summed E-state index contributed by atoms with van der Waals surface area (Å²) in [6.45, 7) is 0. The number of alkyl halides is 3. The van der Waals surface area contributed by atoms with E-state index in [4.69, 9.17) is 9.15 Å². The minimum Gasteiger partial charge on any atom is -0.507 e. The van der Waals surface area contributed by atoms with Crippen molar-refractivity contribution in [3.8, 4) is 45.8 Å². The van der Waals surface area contributed by atoms with Gasteiger partial charge in [0.05, 0.1) is 13.5 Å². The fourth-order valence-corrected chi connectivity index (χ4v) is 4.08. The number of ether oxygens (including phenoxy) is 2. The lowest BCUT2D eigenvalue weighted by Crippen LogP contribution is -2.17. The van der Waals surface area contributed by atoms with E-state index in [9.17, 15) is 48.3 Å². The van der Waals surface area contributed by atoms with Crippen LogP contribution in [0.15, 0.2) is 57.7 Å². The first kappa shape index (κ1) is 27.0. The van der Waals surface area contributed by atoms with Crippen LogP contribution in [0.25, 0.3) is 22.3 Å². The van der Waals surface area contributed by atoms with Gasteiger partial charge in [0.1, 0.15) is 28.2 Å². The normalized spacial score (nSPS) is 12.3. The number of phenolic OH excluding ortho intramolecular Hbond substituents is 4. The maximum Gasteiger partial charge on any atom is 0.573 e. The van der Waals surface area contributed by atoms with Crippen LogP contribution in [0.2, 0.25) is 0 Å². The lowest BCUT2D eigenvalue weighted by Gasteiger charge is -2.21. The Morgan fingerprint density at radius 3 is 2.18 bits per heavy atom. The summed E-state index contributed by atoms with van der Waals surface area (Å²) >= 11 is 0. The van der Waals surface area contributed by atoms with E-state index >= 15 is 0 Å². The first-order valence-electron chi connectivity index (χ1n) is 11.0. The molecule has 0 saturated heterocycles. The second-order valence-electron chi connectivity index (χ2n) is 8.29. The number of phenols is 4. The molecule has 4 rings (SSSR count). The molecule has 3 aromatic carbocycles. The molecule has 1 heterocycles. The van der Waals surface area contributed by atoms with Gasteiger partial charge < -0.3 is 39.4 Å². The fraction of sp³-hybridized carbons (Fsp3) is 0.154. The van der Waals surface area contributed by atoms with Gasteiger partial charge in [0.2, 0.25) is 11.2 Å². The summed E-state index contributed by atoms with van der Waals surface area (Å²) in [4.78, 5) is 25.4. The average Bonchev–Trinajstić information content (AvgIpc) is 2.86. The Hall–Kier alpha value is -5.07. The van der Waals surface area contributed by atoms with Gasteiger partial charge in [0.15, 0.2) is 17.3 Å². The molecule has 4 aromatic rings. The summed E-state index contributed by atoms with van der Waals surface area (Å²) in [6.07, 6.45) is -5.45. The predicted octanol–water partition coefficient (Wildman–Crippen LogP) is 4.58. The monoisotopic (exact) mass is 548 g/mol. The van der Waals surface area contributed by atoms with Crippen molar-refractivity contribution in [2.75, 3.05) is 7.11 Å². The van der Waals surface area contributed by atoms with Gasteiger partial charge in [-0.3, -0.25) is 9.59 Å². The van der Waals surface area contributed by atoms with E-state index < -0.39 is 81.3 Å². The highest BCUT2D eigenvalue weighted by Gasteiger charge is 2.32. The van der Waals surface area contributed by atoms with E-state index in [2.05, 4.69) is 4.74 Å². The Kier molecular flexibility index (Phi) is 6.92. The maximum absolute atomic E-state index is 13.1. The van der Waals surface area contributed by atoms with Crippen molar-refractivity contribution in [1.82, 2.24) is 0 Å². The molecule has 0 radical (unpaired) electrons. The molecule has 0 aliphatic rings. The molecule has 204 valence electrons. The number of hydrogen-bond donors (Lipinski definition) is 5. The molecule has 39 heavy (non-hydrogen) atoms. The smallest absolute Gasteiger partial charge is 0.507 e. The van der Waals surface area contributed by atoms with Crippen molar-refractivity contribution < 1.29 is 57.4 Å². The van der Waals surface area contributed by atoms with Crippen molar-refractivity contribution >= 4 is 16.9 Å². The van der Waals surface area contributed by atoms with Crippen molar-refractivity contribution in [3.63, 3.8) is 0 Å². The Bertz CT molecular complexity index is 1630. The third kappa shape index (κ3) is 5.32. The summed E-state index contributed by atoms with van der Waals surface area (Å²) in [5.41, 5.74) is -1.75. The van der Waals surface area contributed by atoms with Crippen molar-refractivity contribution in [2.24, 2.45) is 0 Å².